The molecule has 4 rings (SSSR count). The highest BCUT2D eigenvalue weighted by molar-refractivity contribution is 6.12. The number of carbonyl (C=O) groups excluding carboxylic acids is 1. The first kappa shape index (κ1) is 22.2. The van der Waals surface area contributed by atoms with Crippen LogP contribution in [0, 0.1) is 5.92 Å². The zero-order valence-corrected chi connectivity index (χ0v) is 17.7. The lowest BCUT2D eigenvalue weighted by Gasteiger charge is -2.32. The number of phenols is 1. The van der Waals surface area contributed by atoms with Gasteiger partial charge >= 0.3 is 6.18 Å². The maximum atomic E-state index is 12.9. The fourth-order valence-corrected chi connectivity index (χ4v) is 4.39. The first-order chi connectivity index (χ1) is 15.3. The Morgan fingerprint density at radius 1 is 1.16 bits per heavy atom. The molecule has 1 aromatic heterocycles. The first-order valence-electron chi connectivity index (χ1n) is 10.6. The van der Waals surface area contributed by atoms with E-state index in [4.69, 9.17) is 4.42 Å². The Hall–Kier alpha value is -3.00. The zero-order valence-electron chi connectivity index (χ0n) is 17.7. The molecule has 0 unspecified atom stereocenters. The molecule has 1 amide bonds. The topological polar surface area (TPSA) is 65.7 Å². The number of alkyl halides is 3. The minimum atomic E-state index is -4.15. The van der Waals surface area contributed by atoms with E-state index in [9.17, 15) is 23.1 Å². The Kier molecular flexibility index (Phi) is 6.15. The number of likely N-dealkylation sites (tertiary alicyclic amines) is 1. The van der Waals surface area contributed by atoms with Crippen molar-refractivity contribution >= 4 is 16.9 Å². The van der Waals surface area contributed by atoms with Gasteiger partial charge in [-0.05, 0) is 44.5 Å². The van der Waals surface area contributed by atoms with Gasteiger partial charge in [-0.25, -0.2) is 0 Å². The van der Waals surface area contributed by atoms with E-state index in [2.05, 4.69) is 5.32 Å². The summed E-state index contributed by atoms with van der Waals surface area (Å²) in [6.07, 6.45) is -3.61. The second kappa shape index (κ2) is 8.86. The molecular formula is C24H25F3N2O3. The molecule has 8 heteroatoms. The molecule has 0 spiro atoms. The van der Waals surface area contributed by atoms with Crippen LogP contribution in [-0.2, 0) is 6.42 Å². The number of benzene rings is 2. The summed E-state index contributed by atoms with van der Waals surface area (Å²) in [6.45, 7) is 1.18. The van der Waals surface area contributed by atoms with Gasteiger partial charge in [-0.3, -0.25) is 4.79 Å². The van der Waals surface area contributed by atoms with Gasteiger partial charge in [0.25, 0.3) is 5.91 Å². The van der Waals surface area contributed by atoms with Crippen molar-refractivity contribution in [1.29, 1.82) is 0 Å². The van der Waals surface area contributed by atoms with Crippen LogP contribution in [0.3, 0.4) is 0 Å². The Morgan fingerprint density at radius 3 is 2.47 bits per heavy atom. The number of halogens is 3. The monoisotopic (exact) mass is 446 g/mol. The molecule has 1 aliphatic rings. The Bertz CT molecular complexity index is 1100. The SMILES string of the molecule is CNC(=O)c1c(-c2ccccc2)oc2ccc(O)c(CCN3CCC(C(F)(F)F)CC3)c12. The van der Waals surface area contributed by atoms with E-state index in [1.807, 2.05) is 35.2 Å². The smallest absolute Gasteiger partial charge is 0.391 e. The molecule has 2 heterocycles. The average Bonchev–Trinajstić information content (AvgIpc) is 3.18. The van der Waals surface area contributed by atoms with Crippen LogP contribution < -0.4 is 5.32 Å². The average molecular weight is 446 g/mol. The lowest BCUT2D eigenvalue weighted by Crippen LogP contribution is -2.39. The lowest BCUT2D eigenvalue weighted by molar-refractivity contribution is -0.185. The van der Waals surface area contributed by atoms with Gasteiger partial charge in [-0.15, -0.1) is 0 Å². The van der Waals surface area contributed by atoms with Crippen LogP contribution in [0.1, 0.15) is 28.8 Å². The molecule has 170 valence electrons. The van der Waals surface area contributed by atoms with Crippen LogP contribution in [0.2, 0.25) is 0 Å². The van der Waals surface area contributed by atoms with Crippen LogP contribution in [-0.4, -0.2) is 48.8 Å². The fourth-order valence-electron chi connectivity index (χ4n) is 4.39. The fraction of sp³-hybridized carbons (Fsp3) is 0.375. The number of nitrogens with zero attached hydrogens (tertiary/aromatic N) is 1. The third kappa shape index (κ3) is 4.32. The lowest BCUT2D eigenvalue weighted by atomic mass is 9.95. The molecule has 1 fully saturated rings. The van der Waals surface area contributed by atoms with E-state index >= 15 is 0 Å². The van der Waals surface area contributed by atoms with Crippen LogP contribution in [0.4, 0.5) is 13.2 Å². The second-order valence-corrected chi connectivity index (χ2v) is 8.10. The number of fused-ring (bicyclic) bond motifs is 1. The standard InChI is InChI=1S/C24H25F3N2O3/c1-28-23(31)21-20-17(11-14-29-12-9-16(10-13-29)24(25,26)27)18(30)7-8-19(20)32-22(21)15-5-3-2-4-6-15/h2-8,16,30H,9-14H2,1H3,(H,28,31). The van der Waals surface area contributed by atoms with Gasteiger partial charge in [0, 0.05) is 30.1 Å². The van der Waals surface area contributed by atoms with Crippen molar-refractivity contribution in [2.24, 2.45) is 5.92 Å². The highest BCUT2D eigenvalue weighted by atomic mass is 19.4. The molecule has 0 saturated carbocycles. The van der Waals surface area contributed by atoms with E-state index in [0.717, 1.165) is 5.56 Å². The Morgan fingerprint density at radius 2 is 1.84 bits per heavy atom. The number of hydrogen-bond acceptors (Lipinski definition) is 4. The number of phenolic OH excluding ortho intramolecular Hbond substituents is 1. The van der Waals surface area contributed by atoms with Crippen molar-refractivity contribution in [3.05, 3.63) is 53.6 Å². The molecule has 0 bridgehead atoms. The van der Waals surface area contributed by atoms with Crippen LogP contribution in [0.5, 0.6) is 5.75 Å². The van der Waals surface area contributed by atoms with Gasteiger partial charge in [0.2, 0.25) is 0 Å². The van der Waals surface area contributed by atoms with Gasteiger partial charge in [0.05, 0.1) is 11.5 Å². The van der Waals surface area contributed by atoms with Crippen molar-refractivity contribution in [2.75, 3.05) is 26.7 Å². The van der Waals surface area contributed by atoms with Crippen molar-refractivity contribution in [1.82, 2.24) is 10.2 Å². The summed E-state index contributed by atoms with van der Waals surface area (Å²) in [7, 11) is 1.53. The molecule has 3 aromatic rings. The van der Waals surface area contributed by atoms with Gasteiger partial charge in [-0.1, -0.05) is 30.3 Å². The largest absolute Gasteiger partial charge is 0.508 e. The van der Waals surface area contributed by atoms with Gasteiger partial charge in [0.15, 0.2) is 0 Å². The summed E-state index contributed by atoms with van der Waals surface area (Å²) in [5, 5.41) is 13.8. The molecular weight excluding hydrogens is 421 g/mol. The number of carbonyl (C=O) groups is 1. The number of hydrogen-bond donors (Lipinski definition) is 2. The van der Waals surface area contributed by atoms with Crippen molar-refractivity contribution in [3.8, 4) is 17.1 Å². The Labute approximate surface area is 183 Å². The quantitative estimate of drug-likeness (QED) is 0.580. The molecule has 2 aromatic carbocycles. The maximum absolute atomic E-state index is 12.9. The van der Waals surface area contributed by atoms with Crippen LogP contribution >= 0.6 is 0 Å². The van der Waals surface area contributed by atoms with Crippen molar-refractivity contribution in [2.45, 2.75) is 25.4 Å². The predicted molar refractivity (Wildman–Crippen MR) is 116 cm³/mol. The summed E-state index contributed by atoms with van der Waals surface area (Å²) in [6, 6.07) is 12.4. The van der Waals surface area contributed by atoms with E-state index in [1.165, 1.54) is 13.1 Å². The van der Waals surface area contributed by atoms with Crippen molar-refractivity contribution in [3.63, 3.8) is 0 Å². The van der Waals surface area contributed by atoms with E-state index < -0.39 is 12.1 Å². The second-order valence-electron chi connectivity index (χ2n) is 8.10. The molecule has 0 radical (unpaired) electrons. The van der Waals surface area contributed by atoms with Gasteiger partial charge in [-0.2, -0.15) is 13.2 Å². The Balaban J connectivity index is 1.65. The summed E-state index contributed by atoms with van der Waals surface area (Å²) < 4.78 is 44.9. The molecule has 0 atom stereocenters. The van der Waals surface area contributed by atoms with E-state index in [-0.39, 0.29) is 24.5 Å². The minimum Gasteiger partial charge on any atom is -0.508 e. The number of nitrogens with one attached hydrogen (secondary N) is 1. The summed E-state index contributed by atoms with van der Waals surface area (Å²) in [5.74, 6) is -1.13. The first-order valence-corrected chi connectivity index (χ1v) is 10.6. The zero-order chi connectivity index (χ0) is 22.9. The van der Waals surface area contributed by atoms with Crippen molar-refractivity contribution < 1.29 is 27.5 Å². The molecule has 1 aliphatic heterocycles. The van der Waals surface area contributed by atoms with Gasteiger partial charge in [0.1, 0.15) is 17.1 Å². The maximum Gasteiger partial charge on any atom is 0.391 e. The van der Waals surface area contributed by atoms with Gasteiger partial charge < -0.3 is 19.7 Å². The van der Waals surface area contributed by atoms with E-state index in [1.54, 1.807) is 6.07 Å². The highest BCUT2D eigenvalue weighted by Gasteiger charge is 2.41. The van der Waals surface area contributed by atoms with E-state index in [0.29, 0.717) is 53.9 Å². The number of aromatic hydroxyl groups is 1. The molecule has 32 heavy (non-hydrogen) atoms. The third-order valence-electron chi connectivity index (χ3n) is 6.16. The number of piperidine rings is 1. The summed E-state index contributed by atoms with van der Waals surface area (Å²) in [4.78, 5) is 14.8. The van der Waals surface area contributed by atoms with Crippen LogP contribution in [0.25, 0.3) is 22.3 Å². The molecule has 5 nitrogen and oxygen atoms in total. The van der Waals surface area contributed by atoms with Crippen LogP contribution in [0.15, 0.2) is 46.9 Å². The molecule has 1 saturated heterocycles. The number of amides is 1. The molecule has 2 N–H and O–H groups in total. The highest BCUT2D eigenvalue weighted by Crippen LogP contribution is 2.39. The summed E-state index contributed by atoms with van der Waals surface area (Å²) >= 11 is 0. The number of rotatable bonds is 5. The molecule has 0 aliphatic carbocycles. The normalized spacial score (nSPS) is 15.9. The predicted octanol–water partition coefficient (Wildman–Crippen LogP) is 4.98. The number of furan rings is 1. The summed E-state index contributed by atoms with van der Waals surface area (Å²) in [5.41, 5.74) is 2.12. The third-order valence-corrected chi connectivity index (χ3v) is 6.16. The minimum absolute atomic E-state index is 0.0354.